The van der Waals surface area contributed by atoms with Crippen molar-refractivity contribution in [3.8, 4) is 17.2 Å². The number of nitrogens with one attached hydrogen (secondary N) is 1. The Bertz CT molecular complexity index is 1150. The first-order valence-electron chi connectivity index (χ1n) is 12.0. The van der Waals surface area contributed by atoms with Gasteiger partial charge in [0.2, 0.25) is 5.91 Å². The smallest absolute Gasteiger partial charge is 0.311 e. The highest BCUT2D eigenvalue weighted by molar-refractivity contribution is 9.09. The van der Waals surface area contributed by atoms with E-state index in [9.17, 15) is 24.6 Å². The summed E-state index contributed by atoms with van der Waals surface area (Å²) in [5, 5.41) is 23.2. The van der Waals surface area contributed by atoms with E-state index in [0.29, 0.717) is 12.3 Å². The summed E-state index contributed by atoms with van der Waals surface area (Å²) in [6, 6.07) is 2.48. The number of hydrogen-bond acceptors (Lipinski definition) is 7. The molecule has 2 heterocycles. The molecular formula is C26H30BrNO7. The molecule has 5 aliphatic rings. The number of ketones is 1. The van der Waals surface area contributed by atoms with Crippen LogP contribution in [-0.4, -0.2) is 44.4 Å². The number of carbonyl (C=O) groups excluding carboxylic acids is 3. The van der Waals surface area contributed by atoms with Crippen LogP contribution < -0.4 is 10.1 Å². The number of amides is 1. The maximum atomic E-state index is 13.2. The predicted molar refractivity (Wildman–Crippen MR) is 130 cm³/mol. The molecule has 1 aromatic carbocycles. The van der Waals surface area contributed by atoms with E-state index in [4.69, 9.17) is 9.47 Å². The zero-order chi connectivity index (χ0) is 25.3. The van der Waals surface area contributed by atoms with E-state index in [2.05, 4.69) is 34.2 Å². The first-order valence-corrected chi connectivity index (χ1v) is 13.0. The minimum atomic E-state index is -0.790. The summed E-state index contributed by atoms with van der Waals surface area (Å²) in [6.07, 6.45) is 5.90. The maximum Gasteiger partial charge on any atom is 0.311 e. The summed E-state index contributed by atoms with van der Waals surface area (Å²) in [5.74, 6) is -1.74. The highest BCUT2D eigenvalue weighted by Gasteiger charge is 2.74. The highest BCUT2D eigenvalue weighted by atomic mass is 79.9. The van der Waals surface area contributed by atoms with E-state index in [1.165, 1.54) is 12.1 Å². The van der Waals surface area contributed by atoms with Crippen LogP contribution >= 0.6 is 15.9 Å². The number of alkyl halides is 1. The van der Waals surface area contributed by atoms with Crippen LogP contribution in [-0.2, 0) is 19.1 Å². The van der Waals surface area contributed by atoms with E-state index in [-0.39, 0.29) is 63.7 Å². The van der Waals surface area contributed by atoms with Crippen molar-refractivity contribution in [2.45, 2.75) is 69.4 Å². The number of halogens is 1. The first-order chi connectivity index (χ1) is 16.4. The fourth-order valence-corrected chi connectivity index (χ4v) is 8.27. The van der Waals surface area contributed by atoms with Crippen LogP contribution in [0.3, 0.4) is 0 Å². The van der Waals surface area contributed by atoms with Crippen molar-refractivity contribution in [1.82, 2.24) is 0 Å². The fraction of sp³-hybridized carbons (Fsp3) is 0.577. The van der Waals surface area contributed by atoms with Gasteiger partial charge in [-0.3, -0.25) is 14.4 Å². The fourth-order valence-electron chi connectivity index (χ4n) is 7.11. The number of phenolic OH excluding ortho intramolecular Hbond substituents is 2. The van der Waals surface area contributed by atoms with Gasteiger partial charge in [-0.15, -0.1) is 0 Å². The molecule has 4 fully saturated rings. The van der Waals surface area contributed by atoms with Crippen LogP contribution in [0.25, 0.3) is 0 Å². The third kappa shape index (κ3) is 3.53. The predicted octanol–water partition coefficient (Wildman–Crippen LogP) is 4.22. The van der Waals surface area contributed by atoms with Crippen LogP contribution in [0.1, 0.15) is 52.9 Å². The number of ether oxygens (including phenoxy) is 2. The van der Waals surface area contributed by atoms with Crippen LogP contribution in [0.4, 0.5) is 5.69 Å². The highest BCUT2D eigenvalue weighted by Crippen LogP contribution is 2.72. The number of anilines is 1. The Morgan fingerprint density at radius 1 is 1.29 bits per heavy atom. The molecular weight excluding hydrogens is 518 g/mol. The van der Waals surface area contributed by atoms with Gasteiger partial charge in [-0.2, -0.15) is 0 Å². The Balaban J connectivity index is 1.34. The monoisotopic (exact) mass is 547 g/mol. The SMILES string of the molecule is CCC(=O)Oc1ccc(O)c(NC(=O)CC[C@]2(C)C(=O)C=CC34CC5[C@H](Br)C(OC5(C)C3)C42)c1O. The van der Waals surface area contributed by atoms with Crippen LogP contribution in [0.5, 0.6) is 17.2 Å². The lowest BCUT2D eigenvalue weighted by molar-refractivity contribution is -0.168. The van der Waals surface area contributed by atoms with E-state index in [1.54, 1.807) is 13.0 Å². The zero-order valence-corrected chi connectivity index (χ0v) is 21.6. The third-order valence-corrected chi connectivity index (χ3v) is 9.86. The number of carbonyl (C=O) groups is 3. The quantitative estimate of drug-likeness (QED) is 0.211. The Kier molecular flexibility index (Phi) is 5.60. The second kappa shape index (κ2) is 8.06. The molecule has 0 aromatic heterocycles. The largest absolute Gasteiger partial charge is 0.506 e. The van der Waals surface area contributed by atoms with Gasteiger partial charge in [0, 0.05) is 34.9 Å². The number of benzene rings is 1. The van der Waals surface area contributed by atoms with Crippen molar-refractivity contribution in [2.75, 3.05) is 5.32 Å². The number of aromatic hydroxyl groups is 2. The second-order valence-corrected chi connectivity index (χ2v) is 11.9. The zero-order valence-electron chi connectivity index (χ0n) is 20.0. The molecule has 35 heavy (non-hydrogen) atoms. The minimum Gasteiger partial charge on any atom is -0.506 e. The van der Waals surface area contributed by atoms with E-state index in [1.807, 2.05) is 6.92 Å². The molecule has 1 spiro atoms. The normalized spacial score (nSPS) is 38.5. The second-order valence-electron chi connectivity index (χ2n) is 10.8. The molecule has 8 nitrogen and oxygen atoms in total. The lowest BCUT2D eigenvalue weighted by Gasteiger charge is -2.56. The van der Waals surface area contributed by atoms with Crippen molar-refractivity contribution >= 4 is 39.3 Å². The van der Waals surface area contributed by atoms with Crippen LogP contribution in [0.15, 0.2) is 24.3 Å². The minimum absolute atomic E-state index is 0.000877. The molecule has 6 rings (SSSR count). The lowest BCUT2D eigenvalue weighted by atomic mass is 9.51. The molecule has 1 aromatic rings. The Labute approximate surface area is 212 Å². The number of rotatable bonds is 6. The van der Waals surface area contributed by atoms with Crippen molar-refractivity contribution in [3.63, 3.8) is 0 Å². The van der Waals surface area contributed by atoms with Gasteiger partial charge < -0.3 is 25.0 Å². The number of hydrogen-bond donors (Lipinski definition) is 3. The Morgan fingerprint density at radius 3 is 2.71 bits per heavy atom. The molecule has 2 saturated heterocycles. The number of allylic oxidation sites excluding steroid dienone is 2. The van der Waals surface area contributed by atoms with Gasteiger partial charge in [-0.25, -0.2) is 0 Å². The molecule has 7 atom stereocenters. The summed E-state index contributed by atoms with van der Waals surface area (Å²) in [6.45, 7) is 5.70. The molecule has 9 heteroatoms. The van der Waals surface area contributed by atoms with Gasteiger partial charge >= 0.3 is 5.97 Å². The summed E-state index contributed by atoms with van der Waals surface area (Å²) in [5.41, 5.74) is -1.33. The topological polar surface area (TPSA) is 122 Å². The number of phenols is 2. The van der Waals surface area contributed by atoms with Gasteiger partial charge in [0.25, 0.3) is 0 Å². The Hall–Kier alpha value is -2.39. The maximum absolute atomic E-state index is 13.2. The molecule has 0 radical (unpaired) electrons. The Morgan fingerprint density at radius 2 is 2.03 bits per heavy atom. The van der Waals surface area contributed by atoms with Gasteiger partial charge in [0.05, 0.1) is 11.7 Å². The van der Waals surface area contributed by atoms with Crippen molar-refractivity contribution in [1.29, 1.82) is 0 Å². The first kappa shape index (κ1) is 24.3. The van der Waals surface area contributed by atoms with E-state index in [0.717, 1.165) is 12.8 Å². The van der Waals surface area contributed by atoms with E-state index >= 15 is 0 Å². The molecule has 2 saturated carbocycles. The molecule has 188 valence electrons. The molecule has 2 aliphatic heterocycles. The summed E-state index contributed by atoms with van der Waals surface area (Å²) in [7, 11) is 0. The van der Waals surface area contributed by atoms with Gasteiger partial charge in [-0.1, -0.05) is 35.9 Å². The van der Waals surface area contributed by atoms with Crippen LogP contribution in [0.2, 0.25) is 0 Å². The van der Waals surface area contributed by atoms with Gasteiger partial charge in [0.1, 0.15) is 11.4 Å². The molecule has 4 bridgehead atoms. The standard InChI is InChI=1S/C26H30BrNO7/c1-4-18(32)34-15-6-5-14(29)20(21(15)33)28-17(31)8-9-24(2)16(30)7-10-26-11-13-19(27)22(23(24)26)35-25(13,3)12-26/h5-7,10,13,19,22-23,29,33H,4,8-9,11-12H2,1-3H3,(H,28,31)/t13?,19-,22?,23?,24+,25?,26?/m0/s1. The summed E-state index contributed by atoms with van der Waals surface area (Å²) in [4.78, 5) is 37.9. The van der Waals surface area contributed by atoms with Crippen LogP contribution in [0, 0.1) is 22.7 Å². The average Bonchev–Trinajstić information content (AvgIpc) is 3.15. The van der Waals surface area contributed by atoms with Gasteiger partial charge in [0.15, 0.2) is 17.3 Å². The number of esters is 1. The van der Waals surface area contributed by atoms with Crippen molar-refractivity contribution in [2.24, 2.45) is 22.7 Å². The molecule has 3 aliphatic carbocycles. The van der Waals surface area contributed by atoms with Crippen molar-refractivity contribution < 1.29 is 34.1 Å². The summed E-state index contributed by atoms with van der Waals surface area (Å²) >= 11 is 3.85. The summed E-state index contributed by atoms with van der Waals surface area (Å²) < 4.78 is 11.6. The van der Waals surface area contributed by atoms with E-state index < -0.39 is 23.0 Å². The third-order valence-electron chi connectivity index (χ3n) is 8.70. The van der Waals surface area contributed by atoms with Crippen molar-refractivity contribution in [3.05, 3.63) is 24.3 Å². The van der Waals surface area contributed by atoms with Gasteiger partial charge in [-0.05, 0) is 49.8 Å². The molecule has 3 N–H and O–H groups in total. The molecule has 1 amide bonds. The molecule has 5 unspecified atom stereocenters. The average molecular weight is 548 g/mol. The lowest BCUT2D eigenvalue weighted by Crippen LogP contribution is -2.58.